The van der Waals surface area contributed by atoms with Crippen molar-refractivity contribution in [1.29, 1.82) is 0 Å². The van der Waals surface area contributed by atoms with E-state index in [2.05, 4.69) is 10.6 Å². The molecular formula is C16H15ClN2O2. The minimum atomic E-state index is -0.189. The molecule has 0 aliphatic rings. The molecule has 0 spiro atoms. The zero-order valence-electron chi connectivity index (χ0n) is 11.5. The third-order valence-electron chi connectivity index (χ3n) is 2.86. The van der Waals surface area contributed by atoms with E-state index in [1.54, 1.807) is 30.3 Å². The number of benzene rings is 2. The van der Waals surface area contributed by atoms with Crippen molar-refractivity contribution < 1.29 is 9.59 Å². The molecule has 108 valence electrons. The smallest absolute Gasteiger partial charge is 0.243 e. The van der Waals surface area contributed by atoms with Crippen LogP contribution in [0.2, 0.25) is 5.02 Å². The number of anilines is 2. The van der Waals surface area contributed by atoms with Gasteiger partial charge >= 0.3 is 0 Å². The summed E-state index contributed by atoms with van der Waals surface area (Å²) in [6, 6.07) is 14.1. The maximum atomic E-state index is 11.8. The Kier molecular flexibility index (Phi) is 4.95. The molecule has 0 aromatic heterocycles. The molecule has 0 fully saturated rings. The van der Waals surface area contributed by atoms with Crippen molar-refractivity contribution >= 4 is 34.7 Å². The lowest BCUT2D eigenvalue weighted by Crippen LogP contribution is -2.22. The van der Waals surface area contributed by atoms with Crippen LogP contribution in [0.1, 0.15) is 17.3 Å². The Labute approximate surface area is 128 Å². The predicted molar refractivity (Wildman–Crippen MR) is 85.0 cm³/mol. The highest BCUT2D eigenvalue weighted by Crippen LogP contribution is 2.21. The number of rotatable bonds is 5. The summed E-state index contributed by atoms with van der Waals surface area (Å²) in [6.45, 7) is 1.53. The monoisotopic (exact) mass is 302 g/mol. The maximum Gasteiger partial charge on any atom is 0.243 e. The van der Waals surface area contributed by atoms with E-state index in [1.165, 1.54) is 6.92 Å². The third-order valence-corrected chi connectivity index (χ3v) is 3.09. The van der Waals surface area contributed by atoms with E-state index >= 15 is 0 Å². The van der Waals surface area contributed by atoms with Gasteiger partial charge in [0.05, 0.1) is 6.54 Å². The number of Topliss-reactive ketones (excluding diaryl/α,β-unsaturated/α-hetero) is 1. The fourth-order valence-corrected chi connectivity index (χ4v) is 2.04. The molecule has 0 bridgehead atoms. The molecule has 5 heteroatoms. The van der Waals surface area contributed by atoms with Gasteiger partial charge in [-0.2, -0.15) is 0 Å². The first-order chi connectivity index (χ1) is 10.1. The number of hydrogen-bond donors (Lipinski definition) is 2. The second-order valence-corrected chi connectivity index (χ2v) is 4.95. The molecule has 21 heavy (non-hydrogen) atoms. The van der Waals surface area contributed by atoms with Crippen LogP contribution in [0.4, 0.5) is 11.4 Å². The summed E-state index contributed by atoms with van der Waals surface area (Å²) in [5.74, 6) is -0.297. The summed E-state index contributed by atoms with van der Waals surface area (Å²) in [4.78, 5) is 23.4. The molecule has 0 saturated heterocycles. The Morgan fingerprint density at radius 2 is 1.81 bits per heavy atom. The van der Waals surface area contributed by atoms with Gasteiger partial charge in [0.2, 0.25) is 5.91 Å². The van der Waals surface area contributed by atoms with E-state index in [0.29, 0.717) is 16.3 Å². The van der Waals surface area contributed by atoms with Crippen LogP contribution in [0, 0.1) is 0 Å². The number of halogens is 1. The van der Waals surface area contributed by atoms with Crippen molar-refractivity contribution in [1.82, 2.24) is 0 Å². The number of carbonyl (C=O) groups is 2. The van der Waals surface area contributed by atoms with Crippen LogP contribution in [-0.2, 0) is 4.79 Å². The first kappa shape index (κ1) is 15.1. The van der Waals surface area contributed by atoms with Gasteiger partial charge in [0.15, 0.2) is 5.78 Å². The molecular weight excluding hydrogens is 288 g/mol. The highest BCUT2D eigenvalue weighted by atomic mass is 35.5. The second-order valence-electron chi connectivity index (χ2n) is 4.51. The zero-order chi connectivity index (χ0) is 15.2. The van der Waals surface area contributed by atoms with Crippen LogP contribution < -0.4 is 10.6 Å². The number of nitrogens with one attached hydrogen (secondary N) is 2. The standard InChI is InChI=1S/C16H15ClN2O2/c1-11(20)14-9-12(17)7-8-15(14)18-10-16(21)19-13-5-3-2-4-6-13/h2-9,18H,10H2,1H3,(H,19,21). The number of carbonyl (C=O) groups excluding carboxylic acids is 2. The van der Waals surface area contributed by atoms with Crippen LogP contribution in [0.15, 0.2) is 48.5 Å². The topological polar surface area (TPSA) is 58.2 Å². The molecule has 0 radical (unpaired) electrons. The predicted octanol–water partition coefficient (Wildman–Crippen LogP) is 3.59. The van der Waals surface area contributed by atoms with Gasteiger partial charge in [-0.25, -0.2) is 0 Å². The molecule has 0 heterocycles. The lowest BCUT2D eigenvalue weighted by atomic mass is 10.1. The third kappa shape index (κ3) is 4.33. The van der Waals surface area contributed by atoms with Gasteiger partial charge in [0.1, 0.15) is 0 Å². The first-order valence-electron chi connectivity index (χ1n) is 6.45. The first-order valence-corrected chi connectivity index (χ1v) is 6.83. The Morgan fingerprint density at radius 1 is 1.10 bits per heavy atom. The number of ketones is 1. The summed E-state index contributed by atoms with van der Waals surface area (Å²) >= 11 is 5.87. The lowest BCUT2D eigenvalue weighted by molar-refractivity contribution is -0.114. The van der Waals surface area contributed by atoms with Crippen LogP contribution in [0.25, 0.3) is 0 Å². The minimum absolute atomic E-state index is 0.0663. The van der Waals surface area contributed by atoms with Crippen LogP contribution in [0.5, 0.6) is 0 Å². The Bertz CT molecular complexity index is 657. The van der Waals surface area contributed by atoms with Crippen LogP contribution >= 0.6 is 11.6 Å². The normalized spacial score (nSPS) is 10.0. The molecule has 0 saturated carbocycles. The maximum absolute atomic E-state index is 11.8. The van der Waals surface area contributed by atoms with Gasteiger partial charge in [-0.1, -0.05) is 29.8 Å². The van der Waals surface area contributed by atoms with Gasteiger partial charge in [-0.3, -0.25) is 9.59 Å². The van der Waals surface area contributed by atoms with Gasteiger partial charge in [0, 0.05) is 22.0 Å². The van der Waals surface area contributed by atoms with Crippen LogP contribution in [-0.4, -0.2) is 18.2 Å². The van der Waals surface area contributed by atoms with E-state index in [0.717, 1.165) is 5.69 Å². The van der Waals surface area contributed by atoms with E-state index in [4.69, 9.17) is 11.6 Å². The minimum Gasteiger partial charge on any atom is -0.376 e. The van der Waals surface area contributed by atoms with Crippen molar-refractivity contribution in [2.75, 3.05) is 17.2 Å². The molecule has 2 N–H and O–H groups in total. The van der Waals surface area contributed by atoms with Crippen molar-refractivity contribution in [3.63, 3.8) is 0 Å². The highest BCUT2D eigenvalue weighted by molar-refractivity contribution is 6.31. The second kappa shape index (κ2) is 6.90. The summed E-state index contributed by atoms with van der Waals surface area (Å²) in [5.41, 5.74) is 1.79. The molecule has 1 amide bonds. The lowest BCUT2D eigenvalue weighted by Gasteiger charge is -2.11. The van der Waals surface area contributed by atoms with Crippen LogP contribution in [0.3, 0.4) is 0 Å². The summed E-state index contributed by atoms with van der Waals surface area (Å²) < 4.78 is 0. The average molecular weight is 303 g/mol. The molecule has 2 aromatic carbocycles. The van der Waals surface area contributed by atoms with E-state index in [1.807, 2.05) is 18.2 Å². The van der Waals surface area contributed by atoms with Crippen molar-refractivity contribution in [2.45, 2.75) is 6.92 Å². The molecule has 4 nitrogen and oxygen atoms in total. The molecule has 0 unspecified atom stereocenters. The summed E-state index contributed by atoms with van der Waals surface area (Å²) in [5, 5.41) is 6.20. The van der Waals surface area contributed by atoms with Crippen molar-refractivity contribution in [3.8, 4) is 0 Å². The van der Waals surface area contributed by atoms with E-state index < -0.39 is 0 Å². The van der Waals surface area contributed by atoms with E-state index in [9.17, 15) is 9.59 Å². The highest BCUT2D eigenvalue weighted by Gasteiger charge is 2.09. The zero-order valence-corrected chi connectivity index (χ0v) is 12.3. The van der Waals surface area contributed by atoms with Crippen molar-refractivity contribution in [3.05, 3.63) is 59.1 Å². The average Bonchev–Trinajstić information content (AvgIpc) is 2.47. The van der Waals surface area contributed by atoms with Gasteiger partial charge < -0.3 is 10.6 Å². The van der Waals surface area contributed by atoms with Gasteiger partial charge in [-0.05, 0) is 37.3 Å². The van der Waals surface area contributed by atoms with Gasteiger partial charge in [0.25, 0.3) is 0 Å². The van der Waals surface area contributed by atoms with E-state index in [-0.39, 0.29) is 18.2 Å². The number of hydrogen-bond acceptors (Lipinski definition) is 3. The fraction of sp³-hybridized carbons (Fsp3) is 0.125. The quantitative estimate of drug-likeness (QED) is 0.830. The fourth-order valence-electron chi connectivity index (χ4n) is 1.86. The Balaban J connectivity index is 2.00. The Hall–Kier alpha value is -2.33. The molecule has 0 aliphatic carbocycles. The molecule has 0 aliphatic heterocycles. The van der Waals surface area contributed by atoms with Gasteiger partial charge in [-0.15, -0.1) is 0 Å². The number of para-hydroxylation sites is 1. The summed E-state index contributed by atoms with van der Waals surface area (Å²) in [6.07, 6.45) is 0. The summed E-state index contributed by atoms with van der Waals surface area (Å²) in [7, 11) is 0. The molecule has 0 atom stereocenters. The Morgan fingerprint density at radius 3 is 2.48 bits per heavy atom. The largest absolute Gasteiger partial charge is 0.376 e. The van der Waals surface area contributed by atoms with Crippen molar-refractivity contribution in [2.24, 2.45) is 0 Å². The molecule has 2 rings (SSSR count). The number of amides is 1. The SMILES string of the molecule is CC(=O)c1cc(Cl)ccc1NCC(=O)Nc1ccccc1. The molecule has 2 aromatic rings.